The molecule has 0 saturated heterocycles. The second-order valence-electron chi connectivity index (χ2n) is 5.66. The van der Waals surface area contributed by atoms with Crippen molar-refractivity contribution in [3.8, 4) is 11.1 Å². The molecule has 1 fully saturated rings. The van der Waals surface area contributed by atoms with Gasteiger partial charge in [0.2, 0.25) is 0 Å². The van der Waals surface area contributed by atoms with Crippen LogP contribution in [0.4, 0.5) is 0 Å². The molecule has 1 aliphatic carbocycles. The first kappa shape index (κ1) is 14.2. The molecule has 108 valence electrons. The van der Waals surface area contributed by atoms with Crippen LogP contribution < -0.4 is 0 Å². The van der Waals surface area contributed by atoms with Crippen molar-refractivity contribution < 1.29 is 0 Å². The molecule has 3 nitrogen and oxygen atoms in total. The van der Waals surface area contributed by atoms with Crippen molar-refractivity contribution in [2.24, 2.45) is 4.99 Å². The number of benzene rings is 1. The van der Waals surface area contributed by atoms with Crippen LogP contribution in [-0.4, -0.2) is 22.7 Å². The fourth-order valence-electron chi connectivity index (χ4n) is 2.84. The van der Waals surface area contributed by atoms with Crippen LogP contribution in [0, 0.1) is 0 Å². The summed E-state index contributed by atoms with van der Waals surface area (Å²) in [6, 6.07) is 6.54. The van der Waals surface area contributed by atoms with E-state index in [0.29, 0.717) is 5.92 Å². The summed E-state index contributed by atoms with van der Waals surface area (Å²) < 4.78 is 0. The van der Waals surface area contributed by atoms with Gasteiger partial charge < -0.3 is 0 Å². The molecule has 2 aliphatic rings. The van der Waals surface area contributed by atoms with E-state index in [9.17, 15) is 0 Å². The van der Waals surface area contributed by atoms with E-state index >= 15 is 0 Å². The number of rotatable bonds is 2. The van der Waals surface area contributed by atoms with Gasteiger partial charge in [-0.15, -0.1) is 12.4 Å². The highest BCUT2D eigenvalue weighted by atomic mass is 35.5. The number of aliphatic imine (C=N–C) groups is 1. The fraction of sp³-hybridized carbons (Fsp3) is 0.353. The molecule has 0 spiro atoms. The molecular weight excluding hydrogens is 282 g/mol. The van der Waals surface area contributed by atoms with E-state index < -0.39 is 0 Å². The van der Waals surface area contributed by atoms with Crippen molar-refractivity contribution in [1.29, 1.82) is 0 Å². The number of aromatic nitrogens is 2. The SMILES string of the molecule is C1=NCCc2cc(-c3cnc(C4CCC4)nc3)ccc21.Cl. The van der Waals surface area contributed by atoms with Gasteiger partial charge in [-0.2, -0.15) is 0 Å². The zero-order valence-electron chi connectivity index (χ0n) is 11.8. The molecule has 21 heavy (non-hydrogen) atoms. The van der Waals surface area contributed by atoms with Crippen molar-refractivity contribution in [2.75, 3.05) is 6.54 Å². The van der Waals surface area contributed by atoms with Crippen molar-refractivity contribution in [1.82, 2.24) is 9.97 Å². The van der Waals surface area contributed by atoms with Crippen LogP contribution in [0.3, 0.4) is 0 Å². The highest BCUT2D eigenvalue weighted by Gasteiger charge is 2.21. The van der Waals surface area contributed by atoms with Gasteiger partial charge in [0.05, 0.1) is 0 Å². The van der Waals surface area contributed by atoms with Gasteiger partial charge in [0.25, 0.3) is 0 Å². The molecule has 4 heteroatoms. The Kier molecular flexibility index (Phi) is 4.02. The summed E-state index contributed by atoms with van der Waals surface area (Å²) in [5.41, 5.74) is 4.94. The van der Waals surface area contributed by atoms with Crippen molar-refractivity contribution in [2.45, 2.75) is 31.6 Å². The first-order chi connectivity index (χ1) is 9.90. The van der Waals surface area contributed by atoms with Gasteiger partial charge in [-0.1, -0.05) is 24.6 Å². The van der Waals surface area contributed by atoms with Crippen LogP contribution in [0.25, 0.3) is 11.1 Å². The van der Waals surface area contributed by atoms with Gasteiger partial charge in [0.1, 0.15) is 5.82 Å². The summed E-state index contributed by atoms with van der Waals surface area (Å²) in [6.07, 6.45) is 10.8. The van der Waals surface area contributed by atoms with E-state index in [-0.39, 0.29) is 12.4 Å². The predicted molar refractivity (Wildman–Crippen MR) is 87.5 cm³/mol. The van der Waals surface area contributed by atoms with E-state index in [0.717, 1.165) is 24.4 Å². The van der Waals surface area contributed by atoms with Gasteiger partial charge in [-0.3, -0.25) is 4.99 Å². The fourth-order valence-corrected chi connectivity index (χ4v) is 2.84. The number of fused-ring (bicyclic) bond motifs is 1. The topological polar surface area (TPSA) is 38.1 Å². The molecule has 1 aromatic carbocycles. The molecule has 1 aromatic heterocycles. The van der Waals surface area contributed by atoms with Crippen LogP contribution in [0.15, 0.2) is 35.6 Å². The van der Waals surface area contributed by atoms with E-state index in [1.807, 2.05) is 18.6 Å². The summed E-state index contributed by atoms with van der Waals surface area (Å²) in [5, 5.41) is 0. The molecular formula is C17H18ClN3. The Labute approximate surface area is 131 Å². The summed E-state index contributed by atoms with van der Waals surface area (Å²) in [7, 11) is 0. The van der Waals surface area contributed by atoms with Gasteiger partial charge in [-0.25, -0.2) is 9.97 Å². The van der Waals surface area contributed by atoms with Crippen LogP contribution in [0.2, 0.25) is 0 Å². The third-order valence-corrected chi connectivity index (χ3v) is 4.36. The lowest BCUT2D eigenvalue weighted by Gasteiger charge is -2.23. The highest BCUT2D eigenvalue weighted by molar-refractivity contribution is 5.85. The smallest absolute Gasteiger partial charge is 0.131 e. The summed E-state index contributed by atoms with van der Waals surface area (Å²) >= 11 is 0. The number of nitrogens with zero attached hydrogens (tertiary/aromatic N) is 3. The van der Waals surface area contributed by atoms with E-state index in [4.69, 9.17) is 0 Å². The molecule has 0 amide bonds. The maximum atomic E-state index is 4.55. The zero-order chi connectivity index (χ0) is 13.4. The standard InChI is InChI=1S/C17H17N3.ClH/c1-2-12(3-1)17-19-10-16(11-20-17)13-4-5-15-9-18-7-6-14(15)8-13;/h4-5,8-12H,1-3,6-7H2;1H. The molecule has 0 bridgehead atoms. The van der Waals surface area contributed by atoms with Gasteiger partial charge in [-0.05, 0) is 36.0 Å². The first-order valence-corrected chi connectivity index (χ1v) is 7.35. The van der Waals surface area contributed by atoms with Crippen molar-refractivity contribution >= 4 is 18.6 Å². The summed E-state index contributed by atoms with van der Waals surface area (Å²) in [5.74, 6) is 1.62. The van der Waals surface area contributed by atoms with Gasteiger partial charge >= 0.3 is 0 Å². The molecule has 1 aliphatic heterocycles. The number of halogens is 1. The largest absolute Gasteiger partial charge is 0.292 e. The second-order valence-corrected chi connectivity index (χ2v) is 5.66. The van der Waals surface area contributed by atoms with Crippen molar-refractivity contribution in [3.05, 3.63) is 47.5 Å². The van der Waals surface area contributed by atoms with Crippen molar-refractivity contribution in [3.63, 3.8) is 0 Å². The molecule has 4 rings (SSSR count). The quantitative estimate of drug-likeness (QED) is 0.846. The number of hydrogen-bond acceptors (Lipinski definition) is 3. The average molecular weight is 300 g/mol. The molecule has 0 radical (unpaired) electrons. The molecule has 2 aromatic rings. The Bertz CT molecular complexity index is 660. The molecule has 0 unspecified atom stereocenters. The molecule has 0 N–H and O–H groups in total. The normalized spacial score (nSPS) is 16.8. The minimum atomic E-state index is 0. The monoisotopic (exact) mass is 299 g/mol. The lowest BCUT2D eigenvalue weighted by Crippen LogP contribution is -2.12. The van der Waals surface area contributed by atoms with Crippen LogP contribution in [-0.2, 0) is 6.42 Å². The zero-order valence-corrected chi connectivity index (χ0v) is 12.6. The Morgan fingerprint density at radius 2 is 1.81 bits per heavy atom. The third-order valence-electron chi connectivity index (χ3n) is 4.36. The van der Waals surface area contributed by atoms with E-state index in [1.54, 1.807) is 0 Å². The summed E-state index contributed by atoms with van der Waals surface area (Å²) in [4.78, 5) is 13.4. The Morgan fingerprint density at radius 1 is 1.00 bits per heavy atom. The minimum absolute atomic E-state index is 0. The average Bonchev–Trinajstić information content (AvgIpc) is 2.46. The number of hydrogen-bond donors (Lipinski definition) is 0. The molecule has 0 atom stereocenters. The molecule has 1 saturated carbocycles. The van der Waals surface area contributed by atoms with Gasteiger partial charge in [0.15, 0.2) is 0 Å². The predicted octanol–water partition coefficient (Wildman–Crippen LogP) is 3.81. The third kappa shape index (κ3) is 2.70. The summed E-state index contributed by atoms with van der Waals surface area (Å²) in [6.45, 7) is 0.896. The lowest BCUT2D eigenvalue weighted by molar-refractivity contribution is 0.401. The lowest BCUT2D eigenvalue weighted by atomic mass is 9.85. The van der Waals surface area contributed by atoms with Gasteiger partial charge in [0, 0.05) is 36.6 Å². The van der Waals surface area contributed by atoms with Crippen LogP contribution in [0.1, 0.15) is 42.1 Å². The highest BCUT2D eigenvalue weighted by Crippen LogP contribution is 2.34. The Balaban J connectivity index is 0.00000132. The minimum Gasteiger partial charge on any atom is -0.292 e. The van der Waals surface area contributed by atoms with Crippen LogP contribution in [0.5, 0.6) is 0 Å². The van der Waals surface area contributed by atoms with E-state index in [1.165, 1.54) is 36.0 Å². The van der Waals surface area contributed by atoms with Crippen LogP contribution >= 0.6 is 12.4 Å². The van der Waals surface area contributed by atoms with E-state index in [2.05, 4.69) is 33.2 Å². The maximum Gasteiger partial charge on any atom is 0.131 e. The maximum absolute atomic E-state index is 4.55. The Morgan fingerprint density at radius 3 is 2.52 bits per heavy atom. The second kappa shape index (κ2) is 5.94. The molecule has 2 heterocycles. The Hall–Kier alpha value is -1.74. The first-order valence-electron chi connectivity index (χ1n) is 7.35.